The molecule has 0 radical (unpaired) electrons. The maximum absolute atomic E-state index is 13.2. The van der Waals surface area contributed by atoms with E-state index in [1.807, 2.05) is 13.8 Å². The van der Waals surface area contributed by atoms with Gasteiger partial charge < -0.3 is 10.6 Å². The third-order valence-electron chi connectivity index (χ3n) is 5.11. The number of fused-ring (bicyclic) bond motifs is 1. The Hall–Kier alpha value is -2.65. The van der Waals surface area contributed by atoms with Gasteiger partial charge in [-0.1, -0.05) is 25.1 Å². The molecule has 2 aromatic heterocycles. The van der Waals surface area contributed by atoms with Crippen LogP contribution in [0.25, 0.3) is 10.2 Å². The Bertz CT molecular complexity index is 1200. The molecule has 32 heavy (non-hydrogen) atoms. The molecular weight excluding hydrogens is 444 g/mol. The molecule has 1 atom stereocenters. The van der Waals surface area contributed by atoms with E-state index in [-0.39, 0.29) is 17.4 Å². The second-order valence-corrected chi connectivity index (χ2v) is 10.2. The molecule has 3 aromatic rings. The van der Waals surface area contributed by atoms with Gasteiger partial charge in [-0.05, 0) is 57.0 Å². The summed E-state index contributed by atoms with van der Waals surface area (Å²) in [5, 5.41) is 6.38. The van der Waals surface area contributed by atoms with Crippen LogP contribution in [-0.4, -0.2) is 26.6 Å². The van der Waals surface area contributed by atoms with Crippen molar-refractivity contribution in [2.75, 3.05) is 10.6 Å². The number of rotatable bonds is 8. The summed E-state index contributed by atoms with van der Waals surface area (Å²) in [5.41, 5.74) is 2.25. The molecule has 0 aliphatic heterocycles. The summed E-state index contributed by atoms with van der Waals surface area (Å²) in [6, 6.07) is 6.93. The molecule has 2 heterocycles. The van der Waals surface area contributed by atoms with E-state index in [1.54, 1.807) is 35.8 Å². The van der Waals surface area contributed by atoms with Crippen molar-refractivity contribution in [3.8, 4) is 0 Å². The summed E-state index contributed by atoms with van der Waals surface area (Å²) in [5.74, 6) is -0.335. The molecule has 0 bridgehead atoms. The van der Waals surface area contributed by atoms with E-state index in [2.05, 4.69) is 17.6 Å². The Morgan fingerprint density at radius 2 is 1.78 bits per heavy atom. The van der Waals surface area contributed by atoms with Crippen LogP contribution in [0.4, 0.5) is 11.4 Å². The van der Waals surface area contributed by atoms with E-state index in [4.69, 9.17) is 4.98 Å². The predicted octanol–water partition coefficient (Wildman–Crippen LogP) is 4.95. The van der Waals surface area contributed by atoms with Crippen molar-refractivity contribution in [2.24, 2.45) is 0 Å². The normalized spacial score (nSPS) is 12.0. The van der Waals surface area contributed by atoms with E-state index in [1.165, 1.54) is 30.0 Å². The molecule has 0 spiro atoms. The van der Waals surface area contributed by atoms with Gasteiger partial charge in [-0.15, -0.1) is 11.3 Å². The number of benzene rings is 1. The van der Waals surface area contributed by atoms with Gasteiger partial charge in [0.25, 0.3) is 5.56 Å². The van der Waals surface area contributed by atoms with Crippen LogP contribution in [0.5, 0.6) is 0 Å². The van der Waals surface area contributed by atoms with Crippen LogP contribution >= 0.6 is 23.1 Å². The summed E-state index contributed by atoms with van der Waals surface area (Å²) in [4.78, 5) is 43.7. The minimum atomic E-state index is -0.454. The number of carbonyl (C=O) groups is 2. The molecule has 1 unspecified atom stereocenters. The fourth-order valence-electron chi connectivity index (χ4n) is 3.21. The first kappa shape index (κ1) is 24.0. The Morgan fingerprint density at radius 3 is 2.38 bits per heavy atom. The minimum Gasteiger partial charge on any atom is -0.326 e. The van der Waals surface area contributed by atoms with Crippen molar-refractivity contribution >= 4 is 56.5 Å². The van der Waals surface area contributed by atoms with E-state index in [9.17, 15) is 14.4 Å². The van der Waals surface area contributed by atoms with Crippen molar-refractivity contribution in [1.82, 2.24) is 9.55 Å². The molecular formula is C23H28N4O3S2. The summed E-state index contributed by atoms with van der Waals surface area (Å²) in [6.07, 6.45) is 1.82. The zero-order chi connectivity index (χ0) is 23.4. The number of aromatic nitrogens is 2. The highest BCUT2D eigenvalue weighted by molar-refractivity contribution is 8.00. The standard InChI is InChI=1S/C23H28N4O3S2/c1-6-7-12-27-22(30)19-13(2)14(3)31-21(19)26-23(27)32-15(4)20(29)25-18-10-8-17(9-11-18)24-16(5)28/h8-11,15H,6-7,12H2,1-5H3,(H,24,28)(H,25,29). The molecule has 2 N–H and O–H groups in total. The van der Waals surface area contributed by atoms with Crippen molar-refractivity contribution in [3.63, 3.8) is 0 Å². The maximum atomic E-state index is 13.2. The Balaban J connectivity index is 1.81. The molecule has 0 fully saturated rings. The molecule has 2 amide bonds. The van der Waals surface area contributed by atoms with E-state index in [0.717, 1.165) is 28.1 Å². The Morgan fingerprint density at radius 1 is 1.16 bits per heavy atom. The molecule has 3 rings (SSSR count). The van der Waals surface area contributed by atoms with Crippen LogP contribution in [0.15, 0.2) is 34.2 Å². The Kier molecular flexibility index (Phi) is 7.73. The topological polar surface area (TPSA) is 93.1 Å². The first-order valence-corrected chi connectivity index (χ1v) is 12.3. The van der Waals surface area contributed by atoms with E-state index < -0.39 is 5.25 Å². The molecule has 0 saturated carbocycles. The number of hydrogen-bond donors (Lipinski definition) is 2. The number of unbranched alkanes of at least 4 members (excludes halogenated alkanes) is 1. The van der Waals surface area contributed by atoms with Gasteiger partial charge in [0.15, 0.2) is 5.16 Å². The average Bonchev–Trinajstić information content (AvgIpc) is 3.02. The number of thioether (sulfide) groups is 1. The van der Waals surface area contributed by atoms with Crippen molar-refractivity contribution in [2.45, 2.75) is 64.4 Å². The van der Waals surface area contributed by atoms with Gasteiger partial charge in [0.2, 0.25) is 11.8 Å². The summed E-state index contributed by atoms with van der Waals surface area (Å²) in [7, 11) is 0. The smallest absolute Gasteiger partial charge is 0.263 e. The third-order valence-corrected chi connectivity index (χ3v) is 7.30. The SMILES string of the molecule is CCCCn1c(SC(C)C(=O)Nc2ccc(NC(C)=O)cc2)nc2sc(C)c(C)c2c1=O. The van der Waals surface area contributed by atoms with E-state index in [0.29, 0.717) is 28.5 Å². The van der Waals surface area contributed by atoms with Gasteiger partial charge in [0.05, 0.1) is 10.6 Å². The van der Waals surface area contributed by atoms with Gasteiger partial charge in [-0.2, -0.15) is 0 Å². The monoisotopic (exact) mass is 472 g/mol. The van der Waals surface area contributed by atoms with Crippen LogP contribution in [0.1, 0.15) is 44.1 Å². The number of anilines is 2. The predicted molar refractivity (Wildman–Crippen MR) is 133 cm³/mol. The maximum Gasteiger partial charge on any atom is 0.263 e. The molecule has 0 aliphatic carbocycles. The number of hydrogen-bond acceptors (Lipinski definition) is 6. The molecule has 7 nitrogen and oxygen atoms in total. The highest BCUT2D eigenvalue weighted by atomic mass is 32.2. The van der Waals surface area contributed by atoms with E-state index >= 15 is 0 Å². The van der Waals surface area contributed by atoms with Gasteiger partial charge in [0.1, 0.15) is 4.83 Å². The van der Waals surface area contributed by atoms with Gasteiger partial charge in [-0.3, -0.25) is 19.0 Å². The first-order chi connectivity index (χ1) is 15.2. The van der Waals surface area contributed by atoms with Crippen molar-refractivity contribution < 1.29 is 9.59 Å². The second kappa shape index (κ2) is 10.3. The fourth-order valence-corrected chi connectivity index (χ4v) is 5.21. The number of nitrogens with one attached hydrogen (secondary N) is 2. The van der Waals surface area contributed by atoms with Crippen LogP contribution in [-0.2, 0) is 16.1 Å². The zero-order valence-electron chi connectivity index (χ0n) is 18.9. The number of amides is 2. The molecule has 9 heteroatoms. The van der Waals surface area contributed by atoms with Gasteiger partial charge in [0, 0.05) is 29.7 Å². The Labute approximate surface area is 195 Å². The lowest BCUT2D eigenvalue weighted by atomic mass is 10.2. The van der Waals surface area contributed by atoms with Crippen LogP contribution in [0.2, 0.25) is 0 Å². The molecule has 170 valence electrons. The number of nitrogens with zero attached hydrogens (tertiary/aromatic N) is 2. The van der Waals surface area contributed by atoms with Gasteiger partial charge >= 0.3 is 0 Å². The first-order valence-electron chi connectivity index (χ1n) is 10.6. The van der Waals surface area contributed by atoms with Crippen LogP contribution in [0, 0.1) is 13.8 Å². The van der Waals surface area contributed by atoms with Crippen LogP contribution in [0.3, 0.4) is 0 Å². The lowest BCUT2D eigenvalue weighted by Gasteiger charge is -2.16. The summed E-state index contributed by atoms with van der Waals surface area (Å²) in [6.45, 7) is 9.86. The summed E-state index contributed by atoms with van der Waals surface area (Å²) < 4.78 is 1.71. The van der Waals surface area contributed by atoms with Crippen molar-refractivity contribution in [3.05, 3.63) is 45.1 Å². The zero-order valence-corrected chi connectivity index (χ0v) is 20.6. The lowest BCUT2D eigenvalue weighted by Crippen LogP contribution is -2.27. The average molecular weight is 473 g/mol. The highest BCUT2D eigenvalue weighted by Gasteiger charge is 2.21. The summed E-state index contributed by atoms with van der Waals surface area (Å²) >= 11 is 2.81. The molecule has 0 saturated heterocycles. The molecule has 0 aliphatic rings. The highest BCUT2D eigenvalue weighted by Crippen LogP contribution is 2.30. The fraction of sp³-hybridized carbons (Fsp3) is 0.391. The van der Waals surface area contributed by atoms with Crippen LogP contribution < -0.4 is 16.2 Å². The largest absolute Gasteiger partial charge is 0.326 e. The number of thiophene rings is 1. The number of aryl methyl sites for hydroxylation is 2. The second-order valence-electron chi connectivity index (χ2n) is 7.68. The molecule has 1 aromatic carbocycles. The third kappa shape index (κ3) is 5.39. The van der Waals surface area contributed by atoms with Gasteiger partial charge in [-0.25, -0.2) is 4.98 Å². The lowest BCUT2D eigenvalue weighted by molar-refractivity contribution is -0.115. The van der Waals surface area contributed by atoms with Crippen molar-refractivity contribution in [1.29, 1.82) is 0 Å². The number of carbonyl (C=O) groups excluding carboxylic acids is 2. The minimum absolute atomic E-state index is 0.0334. The quantitative estimate of drug-likeness (QED) is 0.357.